The summed E-state index contributed by atoms with van der Waals surface area (Å²) in [5, 5.41) is 14.5. The summed E-state index contributed by atoms with van der Waals surface area (Å²) in [7, 11) is 3.03. The van der Waals surface area contributed by atoms with Crippen LogP contribution in [0.25, 0.3) is 0 Å². The molecule has 2 N–H and O–H groups in total. The van der Waals surface area contributed by atoms with Crippen LogP contribution in [0.4, 0.5) is 0 Å². The molecule has 0 aliphatic heterocycles. The number of methoxy groups -OCH3 is 2. The molecule has 0 aromatic rings. The first-order valence-corrected chi connectivity index (χ1v) is 7.44. The summed E-state index contributed by atoms with van der Waals surface area (Å²) in [5.74, 6) is -0.407. The molecule has 0 radical (unpaired) electrons. The van der Waals surface area contributed by atoms with Crippen LogP contribution >= 0.6 is 0 Å². The van der Waals surface area contributed by atoms with Crippen molar-refractivity contribution in [2.24, 2.45) is 0 Å². The van der Waals surface area contributed by atoms with Gasteiger partial charge in [0.1, 0.15) is 11.6 Å². The minimum absolute atomic E-state index is 0.0119. The Bertz CT molecular complexity index is 362. The van der Waals surface area contributed by atoms with E-state index in [0.717, 1.165) is 25.9 Å². The van der Waals surface area contributed by atoms with E-state index in [0.29, 0.717) is 19.7 Å². The van der Waals surface area contributed by atoms with E-state index in [9.17, 15) is 4.79 Å². The molecular weight excluding hydrogens is 286 g/mol. The third kappa shape index (κ3) is 10.2. The Labute approximate surface area is 132 Å². The number of carbonyl (C=O) groups excluding carboxylic acids is 1. The Morgan fingerprint density at radius 2 is 1.95 bits per heavy atom. The van der Waals surface area contributed by atoms with Crippen LogP contribution in [0.15, 0.2) is 11.8 Å². The van der Waals surface area contributed by atoms with E-state index in [1.807, 2.05) is 6.07 Å². The second-order valence-electron chi connectivity index (χ2n) is 4.55. The number of carbonyl (C=O) groups is 1. The molecule has 22 heavy (non-hydrogen) atoms. The minimum Gasteiger partial charge on any atom is -0.385 e. The van der Waals surface area contributed by atoms with Crippen molar-refractivity contribution in [2.45, 2.75) is 32.5 Å². The van der Waals surface area contributed by atoms with Crippen molar-refractivity contribution >= 4 is 5.91 Å². The van der Waals surface area contributed by atoms with Gasteiger partial charge >= 0.3 is 0 Å². The van der Waals surface area contributed by atoms with Crippen LogP contribution in [0, 0.1) is 11.3 Å². The van der Waals surface area contributed by atoms with Gasteiger partial charge in [-0.15, -0.1) is 0 Å². The van der Waals surface area contributed by atoms with E-state index < -0.39 is 12.2 Å². The fraction of sp³-hybridized carbons (Fsp3) is 0.733. The minimum atomic E-state index is -0.431. The lowest BCUT2D eigenvalue weighted by Crippen LogP contribution is -2.30. The van der Waals surface area contributed by atoms with Gasteiger partial charge in [0.15, 0.2) is 6.29 Å². The fourth-order valence-electron chi connectivity index (χ4n) is 1.49. The van der Waals surface area contributed by atoms with Gasteiger partial charge < -0.3 is 24.8 Å². The van der Waals surface area contributed by atoms with Gasteiger partial charge in [-0.25, -0.2) is 0 Å². The number of rotatable bonds is 13. The zero-order valence-electron chi connectivity index (χ0n) is 13.7. The lowest BCUT2D eigenvalue weighted by atomic mass is 10.3. The highest BCUT2D eigenvalue weighted by Crippen LogP contribution is 1.94. The highest BCUT2D eigenvalue weighted by Gasteiger charge is 2.08. The van der Waals surface area contributed by atoms with E-state index in [1.54, 1.807) is 0 Å². The average Bonchev–Trinajstić information content (AvgIpc) is 2.54. The Kier molecular flexibility index (Phi) is 13.3. The van der Waals surface area contributed by atoms with Crippen molar-refractivity contribution in [1.29, 1.82) is 5.26 Å². The molecule has 0 rings (SSSR count). The second-order valence-corrected chi connectivity index (χ2v) is 4.55. The maximum Gasteiger partial charge on any atom is 0.263 e. The van der Waals surface area contributed by atoms with Crippen molar-refractivity contribution in [1.82, 2.24) is 10.6 Å². The van der Waals surface area contributed by atoms with Crippen LogP contribution in [0.1, 0.15) is 26.2 Å². The summed E-state index contributed by atoms with van der Waals surface area (Å²) in [5.41, 5.74) is 0.0119. The number of amides is 1. The summed E-state index contributed by atoms with van der Waals surface area (Å²) < 4.78 is 15.4. The molecule has 1 amide bonds. The maximum atomic E-state index is 11.8. The summed E-state index contributed by atoms with van der Waals surface area (Å²) in [4.78, 5) is 11.8. The van der Waals surface area contributed by atoms with Crippen LogP contribution < -0.4 is 10.6 Å². The monoisotopic (exact) mass is 313 g/mol. The van der Waals surface area contributed by atoms with Gasteiger partial charge in [-0.2, -0.15) is 5.26 Å². The highest BCUT2D eigenvalue weighted by molar-refractivity contribution is 5.97. The second kappa shape index (κ2) is 14.3. The number of nitrogens with one attached hydrogen (secondary N) is 2. The zero-order chi connectivity index (χ0) is 16.6. The van der Waals surface area contributed by atoms with Gasteiger partial charge in [-0.05, 0) is 12.8 Å². The molecule has 0 fully saturated rings. The molecule has 0 aromatic heterocycles. The van der Waals surface area contributed by atoms with E-state index >= 15 is 0 Å². The predicted octanol–water partition coefficient (Wildman–Crippen LogP) is 0.925. The molecule has 0 bridgehead atoms. The summed E-state index contributed by atoms with van der Waals surface area (Å²) >= 11 is 0. The number of nitriles is 1. The highest BCUT2D eigenvalue weighted by atomic mass is 16.7. The summed E-state index contributed by atoms with van der Waals surface area (Å²) in [6.07, 6.45) is 3.80. The topological polar surface area (TPSA) is 92.6 Å². The third-order valence-corrected chi connectivity index (χ3v) is 2.82. The molecule has 0 saturated heterocycles. The SMILES string of the molecule is CCCCOCCCNC(=O)/C(C#N)=C\NCC(OC)OC. The lowest BCUT2D eigenvalue weighted by molar-refractivity contribution is -0.117. The van der Waals surface area contributed by atoms with E-state index in [-0.39, 0.29) is 5.57 Å². The van der Waals surface area contributed by atoms with Crippen molar-refractivity contribution in [2.75, 3.05) is 40.5 Å². The molecule has 7 heteroatoms. The van der Waals surface area contributed by atoms with E-state index in [2.05, 4.69) is 17.6 Å². The molecule has 0 aliphatic carbocycles. The van der Waals surface area contributed by atoms with Gasteiger partial charge in [0.25, 0.3) is 5.91 Å². The smallest absolute Gasteiger partial charge is 0.263 e. The number of hydrogen-bond donors (Lipinski definition) is 2. The molecule has 7 nitrogen and oxygen atoms in total. The maximum absolute atomic E-state index is 11.8. The van der Waals surface area contributed by atoms with Crippen LogP contribution in [0.3, 0.4) is 0 Å². The largest absolute Gasteiger partial charge is 0.385 e. The van der Waals surface area contributed by atoms with Crippen LogP contribution in [-0.4, -0.2) is 52.7 Å². The molecule has 0 unspecified atom stereocenters. The zero-order valence-corrected chi connectivity index (χ0v) is 13.7. The molecule has 0 aromatic carbocycles. The molecule has 0 saturated carbocycles. The first kappa shape index (κ1) is 20.4. The number of nitrogens with zero attached hydrogens (tertiary/aromatic N) is 1. The van der Waals surface area contributed by atoms with Gasteiger partial charge in [0, 0.05) is 40.2 Å². The van der Waals surface area contributed by atoms with Crippen molar-refractivity contribution < 1.29 is 19.0 Å². The van der Waals surface area contributed by atoms with Crippen molar-refractivity contribution in [3.8, 4) is 6.07 Å². The Morgan fingerprint density at radius 3 is 2.55 bits per heavy atom. The van der Waals surface area contributed by atoms with Crippen molar-refractivity contribution in [3.63, 3.8) is 0 Å². The van der Waals surface area contributed by atoms with Gasteiger partial charge in [0.2, 0.25) is 0 Å². The third-order valence-electron chi connectivity index (χ3n) is 2.82. The Balaban J connectivity index is 3.92. The number of unbranched alkanes of at least 4 members (excludes halogenated alkanes) is 1. The van der Waals surface area contributed by atoms with Gasteiger partial charge in [0.05, 0.1) is 6.54 Å². The summed E-state index contributed by atoms with van der Waals surface area (Å²) in [6, 6.07) is 1.85. The molecule has 0 atom stereocenters. The van der Waals surface area contributed by atoms with Crippen LogP contribution in [-0.2, 0) is 19.0 Å². The predicted molar refractivity (Wildman–Crippen MR) is 82.9 cm³/mol. The van der Waals surface area contributed by atoms with Crippen molar-refractivity contribution in [3.05, 3.63) is 11.8 Å². The molecular formula is C15H27N3O4. The summed E-state index contributed by atoms with van der Waals surface area (Å²) in [6.45, 7) is 4.28. The van der Waals surface area contributed by atoms with Gasteiger partial charge in [-0.3, -0.25) is 4.79 Å². The average molecular weight is 313 g/mol. The van der Waals surface area contributed by atoms with Crippen LogP contribution in [0.5, 0.6) is 0 Å². The quantitative estimate of drug-likeness (QED) is 0.227. The molecule has 0 heterocycles. The molecule has 0 spiro atoms. The fourth-order valence-corrected chi connectivity index (χ4v) is 1.49. The molecule has 126 valence electrons. The van der Waals surface area contributed by atoms with E-state index in [4.69, 9.17) is 19.5 Å². The van der Waals surface area contributed by atoms with Gasteiger partial charge in [-0.1, -0.05) is 13.3 Å². The number of ether oxygens (including phenoxy) is 3. The normalized spacial score (nSPS) is 11.3. The first-order valence-electron chi connectivity index (χ1n) is 7.44. The number of hydrogen-bond acceptors (Lipinski definition) is 6. The Morgan fingerprint density at radius 1 is 1.27 bits per heavy atom. The lowest BCUT2D eigenvalue weighted by Gasteiger charge is -2.12. The van der Waals surface area contributed by atoms with E-state index in [1.165, 1.54) is 20.4 Å². The standard InChI is InChI=1S/C15H27N3O4/c1-4-5-8-22-9-6-7-18-15(19)13(10-16)11-17-12-14(20-2)21-3/h11,14,17H,4-9,12H2,1-3H3,(H,18,19)/b13-11-. The first-order chi connectivity index (χ1) is 10.7. The Hall–Kier alpha value is -1.62. The molecule has 0 aliphatic rings. The van der Waals surface area contributed by atoms with Crippen LogP contribution in [0.2, 0.25) is 0 Å².